The molecule has 6 heteroatoms. The van der Waals surface area contributed by atoms with Gasteiger partial charge < -0.3 is 5.11 Å². The normalized spacial score (nSPS) is 14.1. The fourth-order valence-corrected chi connectivity index (χ4v) is 3.94. The summed E-state index contributed by atoms with van der Waals surface area (Å²) in [5.41, 5.74) is 3.96. The zero-order chi connectivity index (χ0) is 20.5. The first-order chi connectivity index (χ1) is 14.0. The number of rotatable bonds is 4. The van der Waals surface area contributed by atoms with Crippen LogP contribution < -0.4 is 5.56 Å². The summed E-state index contributed by atoms with van der Waals surface area (Å²) in [6.07, 6.45) is 2.50. The lowest BCUT2D eigenvalue weighted by Crippen LogP contribution is -2.26. The van der Waals surface area contributed by atoms with E-state index >= 15 is 0 Å². The van der Waals surface area contributed by atoms with Crippen LogP contribution in [0.3, 0.4) is 0 Å². The number of fused-ring (bicyclic) bond motifs is 1. The Labute approximate surface area is 173 Å². The van der Waals surface area contributed by atoms with Crippen molar-refractivity contribution in [1.82, 2.24) is 9.13 Å². The van der Waals surface area contributed by atoms with Gasteiger partial charge in [0.2, 0.25) is 5.88 Å². The molecule has 0 spiro atoms. The number of hydrogen-bond acceptors (Lipinski definition) is 4. The summed E-state index contributed by atoms with van der Waals surface area (Å²) < 4.78 is 3.37. The van der Waals surface area contributed by atoms with Gasteiger partial charge in [-0.15, -0.1) is 0 Å². The highest BCUT2D eigenvalue weighted by molar-refractivity contribution is 7.71. The van der Waals surface area contributed by atoms with Gasteiger partial charge >= 0.3 is 0 Å². The third kappa shape index (κ3) is 3.25. The van der Waals surface area contributed by atoms with Crippen LogP contribution in [0.2, 0.25) is 0 Å². The standard InChI is InChI=1S/C23H21N3O2S/c1-3-13-25-21(27)19(14-18-15(2)24-20-12-8-7-11-17(18)20)22(28)26(23(25)29)16-9-5-4-6-10-16/h4-12,14,27H,3,13H2,1-2H3/b18-14-. The van der Waals surface area contributed by atoms with Crippen LogP contribution in [0.25, 0.3) is 17.3 Å². The van der Waals surface area contributed by atoms with Gasteiger partial charge in [-0.25, -0.2) is 0 Å². The topological polar surface area (TPSA) is 59.5 Å². The lowest BCUT2D eigenvalue weighted by molar-refractivity contribution is 0.398. The Morgan fingerprint density at radius 2 is 1.79 bits per heavy atom. The predicted octanol–water partition coefficient (Wildman–Crippen LogP) is 5.13. The van der Waals surface area contributed by atoms with E-state index in [1.54, 1.807) is 10.6 Å². The summed E-state index contributed by atoms with van der Waals surface area (Å²) in [7, 11) is 0. The summed E-state index contributed by atoms with van der Waals surface area (Å²) in [4.78, 5) is 18.0. The fraction of sp³-hybridized carbons (Fsp3) is 0.174. The Morgan fingerprint density at radius 1 is 1.10 bits per heavy atom. The molecule has 1 aromatic heterocycles. The van der Waals surface area contributed by atoms with Gasteiger partial charge in [-0.3, -0.25) is 18.9 Å². The molecule has 0 saturated heterocycles. The van der Waals surface area contributed by atoms with Gasteiger partial charge in [-0.1, -0.05) is 43.3 Å². The maximum absolute atomic E-state index is 13.4. The van der Waals surface area contributed by atoms with Crippen LogP contribution in [0.4, 0.5) is 5.69 Å². The van der Waals surface area contributed by atoms with Crippen molar-refractivity contribution < 1.29 is 5.11 Å². The zero-order valence-electron chi connectivity index (χ0n) is 16.3. The fourth-order valence-electron chi connectivity index (χ4n) is 3.58. The van der Waals surface area contributed by atoms with Crippen LogP contribution in [0.1, 0.15) is 31.4 Å². The highest BCUT2D eigenvalue weighted by atomic mass is 32.1. The van der Waals surface area contributed by atoms with E-state index in [1.165, 1.54) is 4.57 Å². The van der Waals surface area contributed by atoms with Crippen molar-refractivity contribution >= 4 is 35.3 Å². The molecule has 0 bridgehead atoms. The molecule has 1 N–H and O–H groups in total. The minimum Gasteiger partial charge on any atom is -0.494 e. The van der Waals surface area contributed by atoms with Gasteiger partial charge in [0.05, 0.1) is 11.4 Å². The lowest BCUT2D eigenvalue weighted by atomic mass is 10.0. The van der Waals surface area contributed by atoms with Crippen LogP contribution in [-0.2, 0) is 6.54 Å². The number of aromatic hydroxyl groups is 1. The molecule has 146 valence electrons. The average Bonchev–Trinajstić information content (AvgIpc) is 3.04. The van der Waals surface area contributed by atoms with E-state index in [0.29, 0.717) is 12.2 Å². The van der Waals surface area contributed by atoms with Crippen molar-refractivity contribution in [3.8, 4) is 11.6 Å². The zero-order valence-corrected chi connectivity index (χ0v) is 17.1. The molecule has 1 aliphatic heterocycles. The van der Waals surface area contributed by atoms with E-state index in [-0.39, 0.29) is 21.8 Å². The smallest absolute Gasteiger partial charge is 0.270 e. The molecule has 0 saturated carbocycles. The van der Waals surface area contributed by atoms with Gasteiger partial charge in [-0.05, 0) is 49.8 Å². The monoisotopic (exact) mass is 403 g/mol. The third-order valence-corrected chi connectivity index (χ3v) is 5.38. The molecule has 0 fully saturated rings. The second kappa shape index (κ2) is 7.64. The van der Waals surface area contributed by atoms with Crippen molar-refractivity contribution in [2.45, 2.75) is 26.8 Å². The molecule has 4 rings (SSSR count). The molecular formula is C23H21N3O2S. The SMILES string of the molecule is CCCn1c(O)c(/C=C2/C(C)=Nc3ccccc32)c(=O)n(-c2ccccc2)c1=S. The molecule has 2 heterocycles. The molecule has 5 nitrogen and oxygen atoms in total. The van der Waals surface area contributed by atoms with Crippen molar-refractivity contribution in [3.05, 3.63) is 80.8 Å². The van der Waals surface area contributed by atoms with Crippen molar-refractivity contribution in [2.24, 2.45) is 4.99 Å². The number of nitrogens with zero attached hydrogens (tertiary/aromatic N) is 3. The second-order valence-electron chi connectivity index (χ2n) is 6.92. The Balaban J connectivity index is 2.02. The van der Waals surface area contributed by atoms with Crippen LogP contribution in [0.5, 0.6) is 5.88 Å². The van der Waals surface area contributed by atoms with Gasteiger partial charge in [-0.2, -0.15) is 0 Å². The number of allylic oxidation sites excluding steroid dienone is 1. The summed E-state index contributed by atoms with van der Waals surface area (Å²) in [5.74, 6) is -0.112. The van der Waals surface area contributed by atoms with Gasteiger partial charge in [0, 0.05) is 23.4 Å². The maximum Gasteiger partial charge on any atom is 0.270 e. The minimum atomic E-state index is -0.351. The predicted molar refractivity (Wildman–Crippen MR) is 120 cm³/mol. The van der Waals surface area contributed by atoms with E-state index in [0.717, 1.165) is 29.0 Å². The Morgan fingerprint density at radius 3 is 2.52 bits per heavy atom. The molecule has 1 aliphatic rings. The van der Waals surface area contributed by atoms with Gasteiger partial charge in [0.25, 0.3) is 5.56 Å². The average molecular weight is 404 g/mol. The summed E-state index contributed by atoms with van der Waals surface area (Å²) >= 11 is 5.56. The first-order valence-corrected chi connectivity index (χ1v) is 9.94. The molecular weight excluding hydrogens is 382 g/mol. The number of aliphatic imine (C=N–C) groups is 1. The van der Waals surface area contributed by atoms with Crippen LogP contribution in [0.15, 0.2) is 64.4 Å². The van der Waals surface area contributed by atoms with Crippen LogP contribution in [-0.4, -0.2) is 20.0 Å². The molecule has 0 radical (unpaired) electrons. The number of aromatic nitrogens is 2. The van der Waals surface area contributed by atoms with E-state index in [2.05, 4.69) is 4.99 Å². The summed E-state index contributed by atoms with van der Waals surface area (Å²) in [5, 5.41) is 10.9. The van der Waals surface area contributed by atoms with Crippen LogP contribution >= 0.6 is 12.2 Å². The van der Waals surface area contributed by atoms with Crippen molar-refractivity contribution in [3.63, 3.8) is 0 Å². The lowest BCUT2D eigenvalue weighted by Gasteiger charge is -2.16. The van der Waals surface area contributed by atoms with Crippen molar-refractivity contribution in [1.29, 1.82) is 0 Å². The Kier molecular flexibility index (Phi) is 5.03. The number of hydrogen-bond donors (Lipinski definition) is 1. The van der Waals surface area contributed by atoms with E-state index < -0.39 is 0 Å². The highest BCUT2D eigenvalue weighted by Gasteiger charge is 2.21. The quantitative estimate of drug-likeness (QED) is 0.614. The minimum absolute atomic E-state index is 0.112. The summed E-state index contributed by atoms with van der Waals surface area (Å²) in [6.45, 7) is 4.42. The molecule has 2 aromatic carbocycles. The third-order valence-electron chi connectivity index (χ3n) is 4.97. The molecule has 0 atom stereocenters. The highest BCUT2D eigenvalue weighted by Crippen LogP contribution is 2.36. The number of para-hydroxylation sites is 2. The molecule has 3 aromatic rings. The van der Waals surface area contributed by atoms with Crippen molar-refractivity contribution in [2.75, 3.05) is 0 Å². The van der Waals surface area contributed by atoms with E-state index in [9.17, 15) is 9.90 Å². The first-order valence-electron chi connectivity index (χ1n) is 9.54. The van der Waals surface area contributed by atoms with Gasteiger partial charge in [0.1, 0.15) is 5.56 Å². The Bertz CT molecular complexity index is 1270. The molecule has 0 unspecified atom stereocenters. The molecule has 0 amide bonds. The second-order valence-corrected chi connectivity index (χ2v) is 7.29. The number of benzene rings is 2. The van der Waals surface area contributed by atoms with E-state index in [1.807, 2.05) is 68.4 Å². The van der Waals surface area contributed by atoms with Crippen LogP contribution in [0, 0.1) is 4.77 Å². The largest absolute Gasteiger partial charge is 0.494 e. The molecule has 29 heavy (non-hydrogen) atoms. The maximum atomic E-state index is 13.4. The Hall–Kier alpha value is -3.25. The first kappa shape index (κ1) is 19.1. The molecule has 0 aliphatic carbocycles. The summed E-state index contributed by atoms with van der Waals surface area (Å²) in [6, 6.07) is 17.0. The van der Waals surface area contributed by atoms with Gasteiger partial charge in [0.15, 0.2) is 4.77 Å². The van der Waals surface area contributed by atoms with E-state index in [4.69, 9.17) is 12.2 Å².